The maximum absolute atomic E-state index is 12.1. The van der Waals surface area contributed by atoms with Gasteiger partial charge in [0.05, 0.1) is 12.3 Å². The molecule has 0 amide bonds. The molecule has 0 bridgehead atoms. The number of aryl methyl sites for hydroxylation is 2. The van der Waals surface area contributed by atoms with E-state index in [0.717, 1.165) is 29.1 Å². The van der Waals surface area contributed by atoms with Crippen LogP contribution >= 0.6 is 0 Å². The van der Waals surface area contributed by atoms with Gasteiger partial charge >= 0.3 is 0 Å². The summed E-state index contributed by atoms with van der Waals surface area (Å²) >= 11 is 0. The number of benzene rings is 1. The number of hydrogen-bond donors (Lipinski definition) is 1. The highest BCUT2D eigenvalue weighted by atomic mass is 16.5. The number of carbonyl (C=O) groups is 1. The topological polar surface area (TPSA) is 55.0 Å². The first-order valence-electron chi connectivity index (χ1n) is 6.65. The summed E-state index contributed by atoms with van der Waals surface area (Å²) < 4.78 is 5.43. The summed E-state index contributed by atoms with van der Waals surface area (Å²) in [7, 11) is 0. The summed E-state index contributed by atoms with van der Waals surface area (Å²) in [5, 5.41) is 0. The van der Waals surface area contributed by atoms with Gasteiger partial charge in [-0.05, 0) is 49.8 Å². The monoisotopic (exact) mass is 268 g/mol. The van der Waals surface area contributed by atoms with E-state index in [9.17, 15) is 4.79 Å². The molecule has 1 N–H and O–H groups in total. The lowest BCUT2D eigenvalue weighted by molar-refractivity contribution is 0.104. The van der Waals surface area contributed by atoms with Gasteiger partial charge in [-0.25, -0.2) is 4.98 Å². The molecule has 3 rings (SSSR count). The first-order valence-corrected chi connectivity index (χ1v) is 6.65. The molecule has 1 aromatic heterocycles. The van der Waals surface area contributed by atoms with Crippen LogP contribution in [0.5, 0.6) is 5.75 Å². The molecule has 0 unspecified atom stereocenters. The highest BCUT2D eigenvalue weighted by molar-refractivity contribution is 6.06. The molecule has 0 saturated carbocycles. The minimum absolute atomic E-state index is 0.0218. The van der Waals surface area contributed by atoms with Gasteiger partial charge < -0.3 is 9.72 Å². The standard InChI is InChI=1S/C16H16N2O2/c1-10-11(2)18-16(17-10)6-4-14(19)12-3-5-15-13(9-12)7-8-20-15/h3-6,9H,7-8H2,1-2H3,(H,17,18). The number of aromatic nitrogens is 2. The molecule has 0 atom stereocenters. The predicted molar refractivity (Wildman–Crippen MR) is 77.1 cm³/mol. The Morgan fingerprint density at radius 1 is 1.40 bits per heavy atom. The van der Waals surface area contributed by atoms with Crippen molar-refractivity contribution < 1.29 is 9.53 Å². The number of imidazole rings is 1. The van der Waals surface area contributed by atoms with Gasteiger partial charge in [0.1, 0.15) is 11.6 Å². The van der Waals surface area contributed by atoms with Gasteiger partial charge in [0.15, 0.2) is 5.78 Å². The zero-order chi connectivity index (χ0) is 14.1. The largest absolute Gasteiger partial charge is 0.493 e. The van der Waals surface area contributed by atoms with Gasteiger partial charge in [-0.15, -0.1) is 0 Å². The molecule has 0 radical (unpaired) electrons. The Labute approximate surface area is 117 Å². The highest BCUT2D eigenvalue weighted by Crippen LogP contribution is 2.26. The van der Waals surface area contributed by atoms with E-state index in [1.807, 2.05) is 26.0 Å². The van der Waals surface area contributed by atoms with E-state index in [1.165, 1.54) is 0 Å². The van der Waals surface area contributed by atoms with E-state index >= 15 is 0 Å². The Hall–Kier alpha value is -2.36. The van der Waals surface area contributed by atoms with Crippen LogP contribution < -0.4 is 4.74 Å². The van der Waals surface area contributed by atoms with Crippen LogP contribution in [-0.2, 0) is 6.42 Å². The number of nitrogens with zero attached hydrogens (tertiary/aromatic N) is 1. The Balaban J connectivity index is 1.79. The summed E-state index contributed by atoms with van der Waals surface area (Å²) in [6.07, 6.45) is 4.14. The van der Waals surface area contributed by atoms with E-state index < -0.39 is 0 Å². The fourth-order valence-corrected chi connectivity index (χ4v) is 2.24. The van der Waals surface area contributed by atoms with Crippen LogP contribution in [0.1, 0.15) is 33.1 Å². The fourth-order valence-electron chi connectivity index (χ4n) is 2.24. The SMILES string of the molecule is Cc1nc(C=CC(=O)c2ccc3c(c2)CCO3)[nH]c1C. The zero-order valence-corrected chi connectivity index (χ0v) is 11.6. The predicted octanol–water partition coefficient (Wildman–Crippen LogP) is 2.86. The summed E-state index contributed by atoms with van der Waals surface area (Å²) in [6, 6.07) is 5.58. The van der Waals surface area contributed by atoms with Crippen molar-refractivity contribution in [3.8, 4) is 5.75 Å². The van der Waals surface area contributed by atoms with Crippen LogP contribution in [0.25, 0.3) is 6.08 Å². The van der Waals surface area contributed by atoms with E-state index in [2.05, 4.69) is 9.97 Å². The third-order valence-corrected chi connectivity index (χ3v) is 3.51. The third kappa shape index (κ3) is 2.37. The van der Waals surface area contributed by atoms with Crippen LogP contribution in [0.15, 0.2) is 24.3 Å². The molecular formula is C16H16N2O2. The second kappa shape index (κ2) is 4.96. The first-order chi connectivity index (χ1) is 9.63. The number of H-pyrrole nitrogens is 1. The number of fused-ring (bicyclic) bond motifs is 1. The van der Waals surface area contributed by atoms with Gasteiger partial charge in [-0.2, -0.15) is 0 Å². The number of ketones is 1. The van der Waals surface area contributed by atoms with E-state index in [-0.39, 0.29) is 5.78 Å². The Kier molecular flexibility index (Phi) is 3.14. The molecule has 2 heterocycles. The maximum Gasteiger partial charge on any atom is 0.185 e. The lowest BCUT2D eigenvalue weighted by Gasteiger charge is -2.00. The number of rotatable bonds is 3. The van der Waals surface area contributed by atoms with Crippen LogP contribution in [0.3, 0.4) is 0 Å². The average Bonchev–Trinajstić information content (AvgIpc) is 3.02. The summed E-state index contributed by atoms with van der Waals surface area (Å²) in [5.74, 6) is 1.58. The van der Waals surface area contributed by atoms with Gasteiger partial charge in [0.2, 0.25) is 0 Å². The van der Waals surface area contributed by atoms with Crippen molar-refractivity contribution in [3.63, 3.8) is 0 Å². The second-order valence-corrected chi connectivity index (χ2v) is 4.95. The average molecular weight is 268 g/mol. The molecule has 1 aromatic carbocycles. The summed E-state index contributed by atoms with van der Waals surface area (Å²) in [5.41, 5.74) is 3.76. The molecule has 0 aliphatic carbocycles. The molecular weight excluding hydrogens is 252 g/mol. The smallest absolute Gasteiger partial charge is 0.185 e. The molecule has 20 heavy (non-hydrogen) atoms. The van der Waals surface area contributed by atoms with Crippen LogP contribution in [0.4, 0.5) is 0 Å². The molecule has 102 valence electrons. The maximum atomic E-state index is 12.1. The van der Waals surface area contributed by atoms with E-state index in [4.69, 9.17) is 4.74 Å². The fraction of sp³-hybridized carbons (Fsp3) is 0.250. The molecule has 0 saturated heterocycles. The second-order valence-electron chi connectivity index (χ2n) is 4.95. The molecule has 0 spiro atoms. The van der Waals surface area contributed by atoms with Crippen molar-refractivity contribution in [3.05, 3.63) is 52.6 Å². The van der Waals surface area contributed by atoms with Gasteiger partial charge in [-0.3, -0.25) is 4.79 Å². The van der Waals surface area contributed by atoms with Gasteiger partial charge in [0.25, 0.3) is 0 Å². The molecule has 1 aliphatic heterocycles. The Morgan fingerprint density at radius 2 is 2.25 bits per heavy atom. The van der Waals surface area contributed by atoms with Crippen molar-refractivity contribution in [2.24, 2.45) is 0 Å². The lowest BCUT2D eigenvalue weighted by Crippen LogP contribution is -1.95. The first kappa shape index (κ1) is 12.7. The van der Waals surface area contributed by atoms with Crippen LogP contribution in [0, 0.1) is 13.8 Å². The number of nitrogens with one attached hydrogen (secondary N) is 1. The number of hydrogen-bond acceptors (Lipinski definition) is 3. The molecule has 0 fully saturated rings. The number of ether oxygens (including phenoxy) is 1. The summed E-state index contributed by atoms with van der Waals surface area (Å²) in [4.78, 5) is 19.6. The minimum Gasteiger partial charge on any atom is -0.493 e. The quantitative estimate of drug-likeness (QED) is 0.688. The van der Waals surface area contributed by atoms with Crippen molar-refractivity contribution in [2.45, 2.75) is 20.3 Å². The number of carbonyl (C=O) groups excluding carboxylic acids is 1. The van der Waals surface area contributed by atoms with Gasteiger partial charge in [-0.1, -0.05) is 0 Å². The van der Waals surface area contributed by atoms with Crippen molar-refractivity contribution in [1.29, 1.82) is 0 Å². The Morgan fingerprint density at radius 3 is 3.00 bits per heavy atom. The number of allylic oxidation sites excluding steroid dienone is 1. The van der Waals surface area contributed by atoms with Crippen molar-refractivity contribution in [1.82, 2.24) is 9.97 Å². The lowest BCUT2D eigenvalue weighted by atomic mass is 10.1. The minimum atomic E-state index is -0.0218. The van der Waals surface area contributed by atoms with Gasteiger partial charge in [0, 0.05) is 17.7 Å². The van der Waals surface area contributed by atoms with E-state index in [0.29, 0.717) is 18.0 Å². The third-order valence-electron chi connectivity index (χ3n) is 3.51. The number of aromatic amines is 1. The Bertz CT molecular complexity index is 679. The molecule has 1 aliphatic rings. The van der Waals surface area contributed by atoms with Crippen LogP contribution in [0.2, 0.25) is 0 Å². The zero-order valence-electron chi connectivity index (χ0n) is 11.6. The summed E-state index contributed by atoms with van der Waals surface area (Å²) in [6.45, 7) is 4.60. The highest BCUT2D eigenvalue weighted by Gasteiger charge is 2.13. The van der Waals surface area contributed by atoms with E-state index in [1.54, 1.807) is 18.2 Å². The van der Waals surface area contributed by atoms with Crippen molar-refractivity contribution >= 4 is 11.9 Å². The van der Waals surface area contributed by atoms with Crippen LogP contribution in [-0.4, -0.2) is 22.4 Å². The molecule has 4 nitrogen and oxygen atoms in total. The normalized spacial score (nSPS) is 13.5. The molecule has 4 heteroatoms. The molecule has 2 aromatic rings. The van der Waals surface area contributed by atoms with Crippen molar-refractivity contribution in [2.75, 3.05) is 6.61 Å².